The Labute approximate surface area is 146 Å². The third-order valence-corrected chi connectivity index (χ3v) is 4.92. The van der Waals surface area contributed by atoms with Crippen LogP contribution in [0.5, 0.6) is 0 Å². The van der Waals surface area contributed by atoms with E-state index in [0.717, 1.165) is 23.0 Å². The Morgan fingerprint density at radius 3 is 2.42 bits per heavy atom. The van der Waals surface area contributed by atoms with Crippen molar-refractivity contribution < 1.29 is 9.59 Å². The van der Waals surface area contributed by atoms with Crippen molar-refractivity contribution in [1.29, 1.82) is 0 Å². The maximum Gasteiger partial charge on any atom is 0.295 e. The second kappa shape index (κ2) is 6.69. The Morgan fingerprint density at radius 2 is 1.79 bits per heavy atom. The van der Waals surface area contributed by atoms with Gasteiger partial charge in [0.05, 0.1) is 5.69 Å². The summed E-state index contributed by atoms with van der Waals surface area (Å²) >= 11 is 1.01. The molecule has 0 radical (unpaired) electrons. The van der Waals surface area contributed by atoms with E-state index in [2.05, 4.69) is 19.2 Å². The van der Waals surface area contributed by atoms with E-state index in [4.69, 9.17) is 0 Å². The summed E-state index contributed by atoms with van der Waals surface area (Å²) in [5.41, 5.74) is 3.71. The van der Waals surface area contributed by atoms with Crippen molar-refractivity contribution in [2.24, 2.45) is 0 Å². The molecule has 1 fully saturated rings. The average Bonchev–Trinajstić information content (AvgIpc) is 2.82. The summed E-state index contributed by atoms with van der Waals surface area (Å²) in [6.07, 6.45) is 0. The lowest BCUT2D eigenvalue weighted by atomic mass is 10.0. The third-order valence-electron chi connectivity index (χ3n) is 3.98. The fraction of sp³-hybridized carbons (Fsp3) is 0.263. The first-order valence-electron chi connectivity index (χ1n) is 7.93. The summed E-state index contributed by atoms with van der Waals surface area (Å²) in [5.74, 6) is 0.225. The lowest BCUT2D eigenvalue weighted by Crippen LogP contribution is -2.34. The Kier molecular flexibility index (Phi) is 4.62. The van der Waals surface area contributed by atoms with Gasteiger partial charge in [-0.1, -0.05) is 38.1 Å². The van der Waals surface area contributed by atoms with Crippen LogP contribution < -0.4 is 10.2 Å². The molecule has 0 spiro atoms. The van der Waals surface area contributed by atoms with Gasteiger partial charge >= 0.3 is 0 Å². The second-order valence-corrected chi connectivity index (χ2v) is 7.25. The Hall–Kier alpha value is -2.27. The minimum atomic E-state index is -0.595. The number of aryl methyl sites for hydroxylation is 1. The number of hydrogen-bond acceptors (Lipinski definition) is 4. The molecule has 1 saturated heterocycles. The highest BCUT2D eigenvalue weighted by atomic mass is 32.2. The number of imide groups is 1. The van der Waals surface area contributed by atoms with E-state index in [0.29, 0.717) is 11.6 Å². The van der Waals surface area contributed by atoms with Gasteiger partial charge in [0.15, 0.2) is 5.37 Å². The molecule has 124 valence electrons. The Balaban J connectivity index is 1.76. The molecule has 0 unspecified atom stereocenters. The molecule has 2 aromatic rings. The second-order valence-electron chi connectivity index (χ2n) is 6.20. The zero-order valence-electron chi connectivity index (χ0n) is 13.9. The van der Waals surface area contributed by atoms with E-state index >= 15 is 0 Å². The van der Waals surface area contributed by atoms with Crippen molar-refractivity contribution in [3.8, 4) is 0 Å². The standard InChI is InChI=1S/C19H20N2O2S/c1-12(2)14-7-9-15(10-8-14)20-17-18(22)21(19(23)24-17)16-6-4-5-13(3)11-16/h4-12,17,20H,1-3H3/t17-/m1/s1. The van der Waals surface area contributed by atoms with Crippen LogP contribution in [0.15, 0.2) is 48.5 Å². The van der Waals surface area contributed by atoms with Crippen LogP contribution in [-0.4, -0.2) is 16.5 Å². The maximum atomic E-state index is 12.6. The highest BCUT2D eigenvalue weighted by molar-refractivity contribution is 8.16. The van der Waals surface area contributed by atoms with Crippen molar-refractivity contribution >= 4 is 34.3 Å². The van der Waals surface area contributed by atoms with E-state index in [1.807, 2.05) is 49.4 Å². The summed E-state index contributed by atoms with van der Waals surface area (Å²) in [4.78, 5) is 26.1. The molecular formula is C19H20N2O2S. The monoisotopic (exact) mass is 340 g/mol. The van der Waals surface area contributed by atoms with Gasteiger partial charge in [0.25, 0.3) is 11.1 Å². The van der Waals surface area contributed by atoms with E-state index in [1.165, 1.54) is 10.5 Å². The minimum Gasteiger partial charge on any atom is -0.365 e. The van der Waals surface area contributed by atoms with Crippen LogP contribution in [0, 0.1) is 6.92 Å². The van der Waals surface area contributed by atoms with Crippen LogP contribution in [0.4, 0.5) is 16.2 Å². The summed E-state index contributed by atoms with van der Waals surface area (Å²) in [6.45, 7) is 6.21. The van der Waals surface area contributed by atoms with Gasteiger partial charge in [0, 0.05) is 5.69 Å². The molecule has 1 N–H and O–H groups in total. The van der Waals surface area contributed by atoms with Crippen molar-refractivity contribution in [3.63, 3.8) is 0 Å². The smallest absolute Gasteiger partial charge is 0.295 e. The molecule has 1 heterocycles. The molecule has 5 heteroatoms. The quantitative estimate of drug-likeness (QED) is 0.872. The lowest BCUT2D eigenvalue weighted by molar-refractivity contribution is -0.116. The number of carbonyl (C=O) groups excluding carboxylic acids is 2. The van der Waals surface area contributed by atoms with Gasteiger partial charge in [-0.15, -0.1) is 0 Å². The number of anilines is 2. The molecule has 0 saturated carbocycles. The van der Waals surface area contributed by atoms with Crippen molar-refractivity contribution in [1.82, 2.24) is 0 Å². The van der Waals surface area contributed by atoms with Gasteiger partial charge in [-0.25, -0.2) is 4.90 Å². The zero-order chi connectivity index (χ0) is 17.3. The average molecular weight is 340 g/mol. The van der Waals surface area contributed by atoms with Gasteiger partial charge in [0.1, 0.15) is 0 Å². The van der Waals surface area contributed by atoms with Crippen LogP contribution in [0.2, 0.25) is 0 Å². The molecule has 1 aliphatic heterocycles. The molecule has 24 heavy (non-hydrogen) atoms. The minimum absolute atomic E-state index is 0.233. The highest BCUT2D eigenvalue weighted by Crippen LogP contribution is 2.33. The van der Waals surface area contributed by atoms with Gasteiger partial charge in [0.2, 0.25) is 0 Å². The highest BCUT2D eigenvalue weighted by Gasteiger charge is 2.40. The first-order chi connectivity index (χ1) is 11.5. The molecule has 3 rings (SSSR count). The summed E-state index contributed by atoms with van der Waals surface area (Å²) in [6, 6.07) is 15.4. The molecule has 2 aromatic carbocycles. The Morgan fingerprint density at radius 1 is 1.08 bits per heavy atom. The summed E-state index contributed by atoms with van der Waals surface area (Å²) in [5, 5.41) is 2.31. The van der Waals surface area contributed by atoms with Crippen LogP contribution >= 0.6 is 11.8 Å². The molecule has 0 aromatic heterocycles. The van der Waals surface area contributed by atoms with Crippen LogP contribution in [-0.2, 0) is 4.79 Å². The number of rotatable bonds is 4. The maximum absolute atomic E-state index is 12.6. The lowest BCUT2D eigenvalue weighted by Gasteiger charge is -2.15. The van der Waals surface area contributed by atoms with Gasteiger partial charge in [-0.2, -0.15) is 0 Å². The normalized spacial score (nSPS) is 17.7. The number of thioether (sulfide) groups is 1. The van der Waals surface area contributed by atoms with E-state index in [-0.39, 0.29) is 11.1 Å². The van der Waals surface area contributed by atoms with Gasteiger partial charge in [-0.3, -0.25) is 9.59 Å². The van der Waals surface area contributed by atoms with Crippen LogP contribution in [0.25, 0.3) is 0 Å². The molecular weight excluding hydrogens is 320 g/mol. The molecule has 1 atom stereocenters. The molecule has 0 bridgehead atoms. The van der Waals surface area contributed by atoms with E-state index < -0.39 is 5.37 Å². The molecule has 2 amide bonds. The number of amides is 2. The predicted molar refractivity (Wildman–Crippen MR) is 99.6 cm³/mol. The van der Waals surface area contributed by atoms with Crippen LogP contribution in [0.3, 0.4) is 0 Å². The topological polar surface area (TPSA) is 49.4 Å². The number of nitrogens with zero attached hydrogens (tertiary/aromatic N) is 1. The fourth-order valence-corrected chi connectivity index (χ4v) is 3.52. The van der Waals surface area contributed by atoms with E-state index in [1.54, 1.807) is 6.07 Å². The summed E-state index contributed by atoms with van der Waals surface area (Å²) < 4.78 is 0. The third kappa shape index (κ3) is 3.31. The molecule has 1 aliphatic rings. The van der Waals surface area contributed by atoms with Crippen molar-refractivity contribution in [3.05, 3.63) is 59.7 Å². The van der Waals surface area contributed by atoms with E-state index in [9.17, 15) is 9.59 Å². The number of benzene rings is 2. The van der Waals surface area contributed by atoms with Crippen molar-refractivity contribution in [2.45, 2.75) is 32.1 Å². The Bertz CT molecular complexity index is 771. The SMILES string of the molecule is Cc1cccc(N2C(=O)S[C@@H](Nc3ccc(C(C)C)cc3)C2=O)c1. The number of hydrogen-bond donors (Lipinski definition) is 1. The van der Waals surface area contributed by atoms with Gasteiger partial charge in [-0.05, 0) is 60.0 Å². The molecule has 4 nitrogen and oxygen atoms in total. The largest absolute Gasteiger partial charge is 0.365 e. The van der Waals surface area contributed by atoms with Crippen LogP contribution in [0.1, 0.15) is 30.9 Å². The number of nitrogens with one attached hydrogen (secondary N) is 1. The number of carbonyl (C=O) groups is 2. The predicted octanol–water partition coefficient (Wildman–Crippen LogP) is 4.76. The summed E-state index contributed by atoms with van der Waals surface area (Å²) in [7, 11) is 0. The van der Waals surface area contributed by atoms with Crippen molar-refractivity contribution in [2.75, 3.05) is 10.2 Å². The molecule has 0 aliphatic carbocycles. The zero-order valence-corrected chi connectivity index (χ0v) is 14.8. The fourth-order valence-electron chi connectivity index (χ4n) is 2.62. The first-order valence-corrected chi connectivity index (χ1v) is 8.81. The first kappa shape index (κ1) is 16.6. The van der Waals surface area contributed by atoms with Gasteiger partial charge < -0.3 is 5.32 Å².